The van der Waals surface area contributed by atoms with Crippen LogP contribution in [0.1, 0.15) is 136 Å². The minimum Gasteiger partial charge on any atom is -0.462 e. The first-order chi connectivity index (χ1) is 29.1. The van der Waals surface area contributed by atoms with Crippen LogP contribution in [0.15, 0.2) is 109 Å². The Labute approximate surface area is 361 Å². The summed E-state index contributed by atoms with van der Waals surface area (Å²) in [7, 11) is -4.70. The molecule has 0 fully saturated rings. The van der Waals surface area contributed by atoms with Crippen molar-refractivity contribution in [1.82, 2.24) is 0 Å². The average Bonchev–Trinajstić information content (AvgIpc) is 3.23. The molecule has 1 unspecified atom stereocenters. The van der Waals surface area contributed by atoms with E-state index in [0.29, 0.717) is 12.8 Å². The minimum absolute atomic E-state index is 0.00388. The highest BCUT2D eigenvalue weighted by Gasteiger charge is 2.27. The van der Waals surface area contributed by atoms with Crippen LogP contribution in [0.4, 0.5) is 0 Å². The SMILES string of the molecule is CCCCC/C=C\C/C=C\C/C=C\C=C\C(=O)CCCC(=O)OC[C@H](COP(=O)(O)OC[C@@H](O)CO)OC(=O)CC/C=C\C/C=C\C/C=C\C/C=C\C/C=C\CCCCC. The molecule has 0 aliphatic rings. The minimum atomic E-state index is -4.70. The third-order valence-electron chi connectivity index (χ3n) is 8.39. The molecule has 0 aliphatic carbocycles. The Hall–Kier alpha value is -3.70. The van der Waals surface area contributed by atoms with Crippen molar-refractivity contribution in [3.8, 4) is 0 Å². The Bertz CT molecular complexity index is 1420. The number of allylic oxidation sites excluding steroid dienone is 18. The standard InChI is InChI=1S/C48H75O11P/c1-3-5-7-9-11-13-15-17-18-19-20-21-22-24-26-28-30-32-34-38-48(53)59-46(43-58-60(54,55)57-41-45(51)40-49)42-56-47(52)39-35-37-44(50)36-33-31-29-27-25-23-16-14-12-10-8-6-4-2/h11-14,17-18,20-21,23-26,29-33,36,45-46,49,51H,3-10,15-16,19,22,27-28,34-35,37-43H2,1-2H3,(H,54,55)/b13-11-,14-12-,18-17-,21-20-,25-23-,26-24-,31-29-,32-30-,36-33+/t45-,46+/m0/s1. The number of phosphoric acid groups is 1. The van der Waals surface area contributed by atoms with E-state index in [1.165, 1.54) is 44.6 Å². The number of hydrogen-bond acceptors (Lipinski definition) is 10. The van der Waals surface area contributed by atoms with Gasteiger partial charge in [0.2, 0.25) is 0 Å². The fourth-order valence-corrected chi connectivity index (χ4v) is 5.78. The summed E-state index contributed by atoms with van der Waals surface area (Å²) in [5, 5.41) is 18.3. The normalized spacial score (nSPS) is 14.8. The second kappa shape index (κ2) is 42.0. The van der Waals surface area contributed by atoms with Gasteiger partial charge in [-0.3, -0.25) is 23.4 Å². The predicted octanol–water partition coefficient (Wildman–Crippen LogP) is 11.0. The van der Waals surface area contributed by atoms with Crippen molar-refractivity contribution in [3.63, 3.8) is 0 Å². The summed E-state index contributed by atoms with van der Waals surface area (Å²) in [6.07, 6.45) is 49.3. The van der Waals surface area contributed by atoms with Crippen molar-refractivity contribution in [2.24, 2.45) is 0 Å². The van der Waals surface area contributed by atoms with Gasteiger partial charge in [-0.15, -0.1) is 0 Å². The second-order valence-corrected chi connectivity index (χ2v) is 15.5. The molecular weight excluding hydrogens is 783 g/mol. The summed E-state index contributed by atoms with van der Waals surface area (Å²) < 4.78 is 32.4. The fourth-order valence-electron chi connectivity index (χ4n) is 4.99. The van der Waals surface area contributed by atoms with E-state index in [1.807, 2.05) is 24.3 Å². The van der Waals surface area contributed by atoms with Gasteiger partial charge < -0.3 is 24.6 Å². The Balaban J connectivity index is 4.64. The van der Waals surface area contributed by atoms with Gasteiger partial charge >= 0.3 is 19.8 Å². The zero-order chi connectivity index (χ0) is 44.2. The van der Waals surface area contributed by atoms with Crippen molar-refractivity contribution in [2.75, 3.05) is 26.4 Å². The van der Waals surface area contributed by atoms with Crippen molar-refractivity contribution < 1.29 is 52.6 Å². The van der Waals surface area contributed by atoms with E-state index in [9.17, 15) is 28.9 Å². The highest BCUT2D eigenvalue weighted by Crippen LogP contribution is 2.43. The van der Waals surface area contributed by atoms with E-state index in [4.69, 9.17) is 19.1 Å². The van der Waals surface area contributed by atoms with Crippen LogP contribution in [0.25, 0.3) is 0 Å². The number of aliphatic hydroxyl groups excluding tert-OH is 2. The number of ether oxygens (including phenoxy) is 2. The molecule has 0 heterocycles. The van der Waals surface area contributed by atoms with Crippen LogP contribution >= 0.6 is 7.82 Å². The summed E-state index contributed by atoms with van der Waals surface area (Å²) in [6.45, 7) is 1.93. The number of aliphatic hydroxyl groups is 2. The number of esters is 2. The number of ketones is 1. The topological polar surface area (TPSA) is 166 Å². The van der Waals surface area contributed by atoms with E-state index in [1.54, 1.807) is 12.2 Å². The first kappa shape index (κ1) is 56.3. The van der Waals surface area contributed by atoms with Gasteiger partial charge in [-0.05, 0) is 83.1 Å². The van der Waals surface area contributed by atoms with Gasteiger partial charge in [-0.25, -0.2) is 4.57 Å². The van der Waals surface area contributed by atoms with Gasteiger partial charge in [0.1, 0.15) is 12.7 Å². The number of carbonyl (C=O) groups excluding carboxylic acids is 3. The van der Waals surface area contributed by atoms with E-state index < -0.39 is 58.4 Å². The van der Waals surface area contributed by atoms with Crippen molar-refractivity contribution in [2.45, 2.75) is 148 Å². The molecule has 0 saturated carbocycles. The smallest absolute Gasteiger partial charge is 0.462 e. The van der Waals surface area contributed by atoms with Crippen LogP contribution in [0, 0.1) is 0 Å². The van der Waals surface area contributed by atoms with Gasteiger partial charge in [-0.2, -0.15) is 0 Å². The molecule has 0 rings (SSSR count). The van der Waals surface area contributed by atoms with Gasteiger partial charge in [0.05, 0.1) is 19.8 Å². The quantitative estimate of drug-likeness (QED) is 0.0134. The molecule has 0 radical (unpaired) electrons. The van der Waals surface area contributed by atoms with Crippen molar-refractivity contribution in [1.29, 1.82) is 0 Å². The Kier molecular flexibility index (Phi) is 39.4. The molecule has 0 bridgehead atoms. The summed E-state index contributed by atoms with van der Waals surface area (Å²) in [6, 6.07) is 0. The molecule has 338 valence electrons. The Morgan fingerprint density at radius 3 is 1.55 bits per heavy atom. The van der Waals surface area contributed by atoms with Crippen LogP contribution in [-0.4, -0.2) is 71.5 Å². The second-order valence-electron chi connectivity index (χ2n) is 14.0. The molecule has 3 atom stereocenters. The molecule has 11 nitrogen and oxygen atoms in total. The summed E-state index contributed by atoms with van der Waals surface area (Å²) in [5.74, 6) is -1.43. The highest BCUT2D eigenvalue weighted by atomic mass is 31.2. The van der Waals surface area contributed by atoms with Crippen LogP contribution in [-0.2, 0) is 37.5 Å². The zero-order valence-electron chi connectivity index (χ0n) is 36.4. The molecule has 60 heavy (non-hydrogen) atoms. The molecule has 0 spiro atoms. The third-order valence-corrected chi connectivity index (χ3v) is 9.34. The van der Waals surface area contributed by atoms with E-state index in [-0.39, 0.29) is 31.5 Å². The Morgan fingerprint density at radius 2 is 1.03 bits per heavy atom. The summed E-state index contributed by atoms with van der Waals surface area (Å²) in [4.78, 5) is 47.1. The first-order valence-electron chi connectivity index (χ1n) is 21.8. The van der Waals surface area contributed by atoms with Gasteiger partial charge in [-0.1, -0.05) is 143 Å². The van der Waals surface area contributed by atoms with Crippen LogP contribution < -0.4 is 0 Å². The number of unbranched alkanes of at least 4 members (excludes halogenated alkanes) is 6. The maximum atomic E-state index is 12.6. The number of rotatable bonds is 39. The van der Waals surface area contributed by atoms with Crippen molar-refractivity contribution >= 4 is 25.5 Å². The molecule has 0 amide bonds. The molecule has 0 aliphatic heterocycles. The van der Waals surface area contributed by atoms with E-state index >= 15 is 0 Å². The van der Waals surface area contributed by atoms with E-state index in [0.717, 1.165) is 44.9 Å². The zero-order valence-corrected chi connectivity index (χ0v) is 37.3. The Morgan fingerprint density at radius 1 is 0.550 bits per heavy atom. The van der Waals surface area contributed by atoms with Crippen LogP contribution in [0.5, 0.6) is 0 Å². The molecule has 0 aromatic carbocycles. The van der Waals surface area contributed by atoms with Crippen LogP contribution in [0.3, 0.4) is 0 Å². The average molecular weight is 859 g/mol. The van der Waals surface area contributed by atoms with Gasteiger partial charge in [0.15, 0.2) is 11.9 Å². The number of phosphoric ester groups is 1. The van der Waals surface area contributed by atoms with Crippen LogP contribution in [0.2, 0.25) is 0 Å². The maximum absolute atomic E-state index is 12.6. The predicted molar refractivity (Wildman–Crippen MR) is 242 cm³/mol. The lowest BCUT2D eigenvalue weighted by atomic mass is 10.1. The molecule has 0 aromatic heterocycles. The molecule has 0 aromatic rings. The first-order valence-corrected chi connectivity index (χ1v) is 23.3. The summed E-state index contributed by atoms with van der Waals surface area (Å²) in [5.41, 5.74) is 0. The summed E-state index contributed by atoms with van der Waals surface area (Å²) >= 11 is 0. The van der Waals surface area contributed by atoms with Crippen molar-refractivity contribution in [3.05, 3.63) is 109 Å². The van der Waals surface area contributed by atoms with Gasteiger partial charge in [0.25, 0.3) is 0 Å². The lowest BCUT2D eigenvalue weighted by molar-refractivity contribution is -0.161. The lowest BCUT2D eigenvalue weighted by Crippen LogP contribution is -2.29. The number of carbonyl (C=O) groups is 3. The monoisotopic (exact) mass is 859 g/mol. The van der Waals surface area contributed by atoms with E-state index in [2.05, 4.69) is 85.2 Å². The third kappa shape index (κ3) is 41.1. The lowest BCUT2D eigenvalue weighted by Gasteiger charge is -2.20. The number of hydrogen-bond donors (Lipinski definition) is 3. The molecule has 0 saturated heterocycles. The highest BCUT2D eigenvalue weighted by molar-refractivity contribution is 7.47. The molecular formula is C48H75O11P. The maximum Gasteiger partial charge on any atom is 0.472 e. The molecule has 3 N–H and O–H groups in total. The largest absolute Gasteiger partial charge is 0.472 e. The fraction of sp³-hybridized carbons (Fsp3) is 0.562. The molecule has 12 heteroatoms. The van der Waals surface area contributed by atoms with Gasteiger partial charge in [0, 0.05) is 19.3 Å².